The van der Waals surface area contributed by atoms with E-state index in [2.05, 4.69) is 4.98 Å². The number of rotatable bonds is 7. The van der Waals surface area contributed by atoms with Gasteiger partial charge in [-0.05, 0) is 36.5 Å². The molecule has 0 aliphatic carbocycles. The van der Waals surface area contributed by atoms with E-state index < -0.39 is 0 Å². The number of aromatic nitrogens is 1. The lowest BCUT2D eigenvalue weighted by atomic mass is 9.97. The minimum absolute atomic E-state index is 0.0819. The van der Waals surface area contributed by atoms with Crippen LogP contribution in [0.3, 0.4) is 0 Å². The van der Waals surface area contributed by atoms with Crippen molar-refractivity contribution in [3.63, 3.8) is 0 Å². The van der Waals surface area contributed by atoms with Gasteiger partial charge in [-0.3, -0.25) is 9.78 Å². The maximum absolute atomic E-state index is 11.9. The van der Waals surface area contributed by atoms with E-state index in [1.807, 2.05) is 36.8 Å². The first-order valence-corrected chi connectivity index (χ1v) is 8.53. The molecule has 1 aliphatic heterocycles. The number of benzene rings is 1. The summed E-state index contributed by atoms with van der Waals surface area (Å²) in [6.45, 7) is 2.72. The van der Waals surface area contributed by atoms with Crippen LogP contribution in [0.1, 0.15) is 36.1 Å². The Morgan fingerprint density at radius 3 is 3.09 bits per heavy atom. The fourth-order valence-corrected chi connectivity index (χ4v) is 3.09. The third-order valence-electron chi connectivity index (χ3n) is 3.75. The topological polar surface area (TPSA) is 57.7 Å². The molecule has 1 aromatic carbocycles. The van der Waals surface area contributed by atoms with Crippen LogP contribution in [0.25, 0.3) is 0 Å². The Morgan fingerprint density at radius 1 is 1.39 bits per heavy atom. The minimum Gasteiger partial charge on any atom is -0.466 e. The predicted octanol–water partition coefficient (Wildman–Crippen LogP) is 3.54. The van der Waals surface area contributed by atoms with E-state index in [0.717, 1.165) is 29.9 Å². The molecule has 1 aromatic heterocycles. The minimum atomic E-state index is -0.167. The monoisotopic (exact) mass is 333 g/mol. The van der Waals surface area contributed by atoms with Crippen molar-refractivity contribution >= 4 is 17.3 Å². The van der Waals surface area contributed by atoms with Gasteiger partial charge in [-0.2, -0.15) is 0 Å². The van der Waals surface area contributed by atoms with Crippen LogP contribution in [0.5, 0.6) is 11.5 Å². The van der Waals surface area contributed by atoms with Gasteiger partial charge in [0.1, 0.15) is 0 Å². The van der Waals surface area contributed by atoms with Gasteiger partial charge >= 0.3 is 5.97 Å². The van der Waals surface area contributed by atoms with Crippen LogP contribution >= 0.6 is 11.3 Å². The van der Waals surface area contributed by atoms with Gasteiger partial charge in [0.15, 0.2) is 11.5 Å². The number of hydrogen-bond donors (Lipinski definition) is 0. The Labute approximate surface area is 139 Å². The molecule has 0 saturated carbocycles. The Balaban J connectivity index is 1.42. The smallest absolute Gasteiger partial charge is 0.306 e. The van der Waals surface area contributed by atoms with E-state index in [0.29, 0.717) is 13.0 Å². The molecule has 1 aliphatic rings. The van der Waals surface area contributed by atoms with Crippen LogP contribution in [-0.2, 0) is 16.0 Å². The summed E-state index contributed by atoms with van der Waals surface area (Å²) >= 11 is 1.63. The van der Waals surface area contributed by atoms with Crippen LogP contribution in [0, 0.1) is 0 Å². The van der Waals surface area contributed by atoms with E-state index in [1.54, 1.807) is 11.3 Å². The molecule has 0 bridgehead atoms. The second kappa shape index (κ2) is 7.46. The number of thiazole rings is 1. The fourth-order valence-electron chi connectivity index (χ4n) is 2.44. The summed E-state index contributed by atoms with van der Waals surface area (Å²) in [7, 11) is 0. The van der Waals surface area contributed by atoms with Crippen molar-refractivity contribution < 1.29 is 19.0 Å². The van der Waals surface area contributed by atoms with Crippen molar-refractivity contribution in [2.75, 3.05) is 13.4 Å². The highest BCUT2D eigenvalue weighted by molar-refractivity contribution is 7.09. The molecule has 0 radical (unpaired) electrons. The number of nitrogens with zero attached hydrogens (tertiary/aromatic N) is 1. The molecule has 3 rings (SSSR count). The Bertz CT molecular complexity index is 657. The summed E-state index contributed by atoms with van der Waals surface area (Å²) in [6.07, 6.45) is 3.94. The average Bonchev–Trinajstić information content (AvgIpc) is 3.22. The molecule has 0 saturated heterocycles. The van der Waals surface area contributed by atoms with Crippen molar-refractivity contribution in [2.24, 2.45) is 0 Å². The number of carbonyl (C=O) groups is 1. The van der Waals surface area contributed by atoms with E-state index in [-0.39, 0.29) is 18.7 Å². The first kappa shape index (κ1) is 15.8. The summed E-state index contributed by atoms with van der Waals surface area (Å²) in [5, 5.41) is 0. The molecule has 0 spiro atoms. The molecule has 1 atom stereocenters. The van der Waals surface area contributed by atoms with Crippen molar-refractivity contribution in [1.82, 2.24) is 4.98 Å². The summed E-state index contributed by atoms with van der Waals surface area (Å²) in [6, 6.07) is 5.79. The highest BCUT2D eigenvalue weighted by Crippen LogP contribution is 2.35. The number of aryl methyl sites for hydroxylation is 1. The van der Waals surface area contributed by atoms with Gasteiger partial charge in [0.05, 0.1) is 18.5 Å². The van der Waals surface area contributed by atoms with Crippen molar-refractivity contribution in [2.45, 2.75) is 32.1 Å². The lowest BCUT2D eigenvalue weighted by Gasteiger charge is -2.12. The largest absolute Gasteiger partial charge is 0.466 e. The van der Waals surface area contributed by atoms with Gasteiger partial charge in [0.2, 0.25) is 6.79 Å². The molecular formula is C17H19NO4S. The molecule has 122 valence electrons. The molecule has 2 aromatic rings. The lowest BCUT2D eigenvalue weighted by molar-refractivity contribution is -0.144. The van der Waals surface area contributed by atoms with Gasteiger partial charge in [-0.1, -0.05) is 13.0 Å². The maximum Gasteiger partial charge on any atom is 0.306 e. The third-order valence-corrected chi connectivity index (χ3v) is 4.59. The van der Waals surface area contributed by atoms with Crippen LogP contribution < -0.4 is 9.47 Å². The fraction of sp³-hybridized carbons (Fsp3) is 0.412. The summed E-state index contributed by atoms with van der Waals surface area (Å²) < 4.78 is 16.0. The Hall–Kier alpha value is -2.08. The number of hydrogen-bond acceptors (Lipinski definition) is 6. The van der Waals surface area contributed by atoms with Gasteiger partial charge in [0, 0.05) is 11.1 Å². The first-order valence-electron chi connectivity index (χ1n) is 7.65. The van der Waals surface area contributed by atoms with Crippen molar-refractivity contribution in [1.29, 1.82) is 0 Å². The van der Waals surface area contributed by atoms with Crippen molar-refractivity contribution in [3.05, 3.63) is 40.3 Å². The summed E-state index contributed by atoms with van der Waals surface area (Å²) in [5.41, 5.74) is 2.87. The lowest BCUT2D eigenvalue weighted by Crippen LogP contribution is -2.10. The van der Waals surface area contributed by atoms with E-state index in [9.17, 15) is 4.79 Å². The number of fused-ring (bicyclic) bond motifs is 1. The predicted molar refractivity (Wildman–Crippen MR) is 87.0 cm³/mol. The first-order chi connectivity index (χ1) is 11.2. The second-order valence-corrected chi connectivity index (χ2v) is 6.48. The average molecular weight is 333 g/mol. The van der Waals surface area contributed by atoms with Gasteiger partial charge in [0.25, 0.3) is 0 Å². The zero-order valence-electron chi connectivity index (χ0n) is 13.0. The normalized spacial score (nSPS) is 13.8. The zero-order chi connectivity index (χ0) is 16.1. The molecular weight excluding hydrogens is 314 g/mol. The standard InChI is InChI=1S/C17H19NO4S/c1-12(13-4-5-15-16(8-13)22-11-21-15)7-17(19)20-6-2-3-14-9-18-10-23-14/h4-5,8-10,12H,2-3,6-7,11H2,1H3/t12-/m0/s1. The van der Waals surface area contributed by atoms with Crippen LogP contribution in [0.4, 0.5) is 0 Å². The van der Waals surface area contributed by atoms with Crippen molar-refractivity contribution in [3.8, 4) is 11.5 Å². The Morgan fingerprint density at radius 2 is 2.26 bits per heavy atom. The van der Waals surface area contributed by atoms with Gasteiger partial charge in [-0.15, -0.1) is 11.3 Å². The van der Waals surface area contributed by atoms with Gasteiger partial charge < -0.3 is 14.2 Å². The maximum atomic E-state index is 11.9. The third kappa shape index (κ3) is 4.22. The van der Waals surface area contributed by atoms with Gasteiger partial charge in [-0.25, -0.2) is 0 Å². The number of ether oxygens (including phenoxy) is 3. The SMILES string of the molecule is C[C@@H](CC(=O)OCCCc1cncs1)c1ccc2c(c1)OCO2. The number of esters is 1. The molecule has 0 fully saturated rings. The molecule has 0 unspecified atom stereocenters. The number of carbonyl (C=O) groups excluding carboxylic acids is 1. The highest BCUT2D eigenvalue weighted by Gasteiger charge is 2.18. The molecule has 2 heterocycles. The van der Waals surface area contributed by atoms with Crippen LogP contribution in [-0.4, -0.2) is 24.4 Å². The molecule has 23 heavy (non-hydrogen) atoms. The summed E-state index contributed by atoms with van der Waals surface area (Å²) in [4.78, 5) is 17.2. The van der Waals surface area contributed by atoms with Crippen LogP contribution in [0.2, 0.25) is 0 Å². The zero-order valence-corrected chi connectivity index (χ0v) is 13.8. The van der Waals surface area contributed by atoms with E-state index >= 15 is 0 Å². The highest BCUT2D eigenvalue weighted by atomic mass is 32.1. The Kier molecular flexibility index (Phi) is 5.12. The van der Waals surface area contributed by atoms with E-state index in [4.69, 9.17) is 14.2 Å². The summed E-state index contributed by atoms with van der Waals surface area (Å²) in [5.74, 6) is 1.41. The molecule has 6 heteroatoms. The van der Waals surface area contributed by atoms with Crippen LogP contribution in [0.15, 0.2) is 29.9 Å². The molecule has 0 amide bonds. The molecule has 0 N–H and O–H groups in total. The quantitative estimate of drug-likeness (QED) is 0.573. The molecule has 5 nitrogen and oxygen atoms in total. The van der Waals surface area contributed by atoms with E-state index in [1.165, 1.54) is 4.88 Å². The second-order valence-electron chi connectivity index (χ2n) is 5.51.